The van der Waals surface area contributed by atoms with E-state index in [1.807, 2.05) is 0 Å². The van der Waals surface area contributed by atoms with Crippen molar-refractivity contribution >= 4 is 28.4 Å². The predicted octanol–water partition coefficient (Wildman–Crippen LogP) is 2.68. The van der Waals surface area contributed by atoms with E-state index in [1.54, 1.807) is 43.5 Å². The van der Waals surface area contributed by atoms with E-state index in [2.05, 4.69) is 5.32 Å². The van der Waals surface area contributed by atoms with Gasteiger partial charge in [-0.05, 0) is 48.9 Å². The Kier molecular flexibility index (Phi) is 4.72. The normalized spacial score (nSPS) is 11.7. The summed E-state index contributed by atoms with van der Waals surface area (Å²) in [6.45, 7) is 1.78. The average Bonchev–Trinajstić information content (AvgIpc) is 2.49. The number of carboxylic acids is 1. The Hall–Kier alpha value is -2.47. The zero-order valence-electron chi connectivity index (χ0n) is 12.1. The molecule has 0 unspecified atom stereocenters. The van der Waals surface area contributed by atoms with Gasteiger partial charge in [-0.25, -0.2) is 4.79 Å². The molecule has 2 aromatic carbocycles. The molecule has 1 amide bonds. The largest absolute Gasteiger partial charge is 0.478 e. The van der Waals surface area contributed by atoms with Crippen LogP contribution in [0.15, 0.2) is 47.4 Å². The third-order valence-electron chi connectivity index (χ3n) is 3.18. The van der Waals surface area contributed by atoms with Gasteiger partial charge in [0.15, 0.2) is 0 Å². The Morgan fingerprint density at radius 2 is 1.64 bits per heavy atom. The summed E-state index contributed by atoms with van der Waals surface area (Å²) in [6.07, 6.45) is 1.57. The van der Waals surface area contributed by atoms with E-state index in [-0.39, 0.29) is 11.5 Å². The minimum absolute atomic E-state index is 0.109. The van der Waals surface area contributed by atoms with Crippen molar-refractivity contribution in [1.82, 2.24) is 0 Å². The quantitative estimate of drug-likeness (QED) is 0.908. The summed E-state index contributed by atoms with van der Waals surface area (Å²) >= 11 is 0. The van der Waals surface area contributed by atoms with E-state index in [4.69, 9.17) is 5.11 Å². The molecule has 22 heavy (non-hydrogen) atoms. The van der Waals surface area contributed by atoms with Crippen LogP contribution in [0.2, 0.25) is 0 Å². The lowest BCUT2D eigenvalue weighted by atomic mass is 10.1. The molecule has 6 heteroatoms. The van der Waals surface area contributed by atoms with Gasteiger partial charge in [-0.1, -0.05) is 6.07 Å². The van der Waals surface area contributed by atoms with Crippen molar-refractivity contribution in [1.29, 1.82) is 0 Å². The number of benzene rings is 2. The number of aromatic carboxylic acids is 1. The Bertz CT molecular complexity index is 753. The molecule has 0 aliphatic carbocycles. The first kappa shape index (κ1) is 15.9. The second kappa shape index (κ2) is 6.53. The first-order chi connectivity index (χ1) is 10.4. The molecular formula is C16H15NO4S. The number of carboxylic acid groups (broad SMARTS) is 1. The van der Waals surface area contributed by atoms with Gasteiger partial charge in [0.1, 0.15) is 0 Å². The van der Waals surface area contributed by atoms with Crippen LogP contribution in [0.1, 0.15) is 26.3 Å². The number of hydrogen-bond acceptors (Lipinski definition) is 3. The average molecular weight is 317 g/mol. The van der Waals surface area contributed by atoms with Crippen LogP contribution >= 0.6 is 0 Å². The summed E-state index contributed by atoms with van der Waals surface area (Å²) in [5.74, 6) is -1.40. The fourth-order valence-corrected chi connectivity index (χ4v) is 2.40. The number of carbonyl (C=O) groups excluding carboxylic acids is 1. The van der Waals surface area contributed by atoms with Crippen LogP contribution in [0.5, 0.6) is 0 Å². The molecule has 0 heterocycles. The van der Waals surface area contributed by atoms with Gasteiger partial charge in [-0.2, -0.15) is 0 Å². The van der Waals surface area contributed by atoms with Gasteiger partial charge < -0.3 is 10.4 Å². The second-order valence-corrected chi connectivity index (χ2v) is 6.15. The summed E-state index contributed by atoms with van der Waals surface area (Å²) in [5.41, 5.74) is 1.74. The predicted molar refractivity (Wildman–Crippen MR) is 84.9 cm³/mol. The maximum atomic E-state index is 12.2. The summed E-state index contributed by atoms with van der Waals surface area (Å²) in [7, 11) is -1.10. The zero-order chi connectivity index (χ0) is 16.3. The molecule has 2 aromatic rings. The smallest absolute Gasteiger partial charge is 0.335 e. The Balaban J connectivity index is 2.23. The zero-order valence-corrected chi connectivity index (χ0v) is 12.9. The highest BCUT2D eigenvalue weighted by molar-refractivity contribution is 7.84. The molecule has 0 saturated heterocycles. The molecule has 0 saturated carbocycles. The standard InChI is InChI=1S/C16H15NO4S/c1-10-3-4-12(16(19)20)9-14(10)17-15(18)11-5-7-13(8-6-11)22(2)21/h3-9H,1-2H3,(H,17,18)(H,19,20)/t22-/m0/s1. The van der Waals surface area contributed by atoms with Crippen LogP contribution in [-0.2, 0) is 10.8 Å². The van der Waals surface area contributed by atoms with Crippen LogP contribution in [-0.4, -0.2) is 27.4 Å². The van der Waals surface area contributed by atoms with Gasteiger partial charge in [0.2, 0.25) is 0 Å². The van der Waals surface area contributed by atoms with E-state index >= 15 is 0 Å². The van der Waals surface area contributed by atoms with E-state index in [9.17, 15) is 13.8 Å². The fraction of sp³-hybridized carbons (Fsp3) is 0.125. The molecule has 2 rings (SSSR count). The van der Waals surface area contributed by atoms with Crippen molar-refractivity contribution in [3.8, 4) is 0 Å². The van der Waals surface area contributed by atoms with Crippen molar-refractivity contribution in [3.63, 3.8) is 0 Å². The van der Waals surface area contributed by atoms with Crippen molar-refractivity contribution in [2.24, 2.45) is 0 Å². The minimum atomic E-state index is -1.10. The molecule has 0 spiro atoms. The van der Waals surface area contributed by atoms with E-state index < -0.39 is 16.8 Å². The number of amides is 1. The summed E-state index contributed by atoms with van der Waals surface area (Å²) in [5, 5.41) is 11.7. The molecule has 0 aromatic heterocycles. The van der Waals surface area contributed by atoms with E-state index in [1.165, 1.54) is 12.1 Å². The maximum absolute atomic E-state index is 12.2. The van der Waals surface area contributed by atoms with Crippen LogP contribution in [0.3, 0.4) is 0 Å². The van der Waals surface area contributed by atoms with Crippen LogP contribution in [0.4, 0.5) is 5.69 Å². The number of carbonyl (C=O) groups is 2. The van der Waals surface area contributed by atoms with Crippen molar-refractivity contribution in [2.45, 2.75) is 11.8 Å². The maximum Gasteiger partial charge on any atom is 0.335 e. The highest BCUT2D eigenvalue weighted by Crippen LogP contribution is 2.18. The first-order valence-corrected chi connectivity index (χ1v) is 8.03. The molecule has 0 bridgehead atoms. The monoisotopic (exact) mass is 317 g/mol. The SMILES string of the molecule is Cc1ccc(C(=O)O)cc1NC(=O)c1ccc([S@](C)=O)cc1. The van der Waals surface area contributed by atoms with Crippen molar-refractivity contribution < 1.29 is 18.9 Å². The lowest BCUT2D eigenvalue weighted by Crippen LogP contribution is -2.13. The van der Waals surface area contributed by atoms with Gasteiger partial charge in [-0.15, -0.1) is 0 Å². The van der Waals surface area contributed by atoms with Gasteiger partial charge >= 0.3 is 5.97 Å². The molecule has 0 fully saturated rings. The van der Waals surface area contributed by atoms with E-state index in [0.717, 1.165) is 5.56 Å². The number of nitrogens with one attached hydrogen (secondary N) is 1. The molecule has 1 atom stereocenters. The lowest BCUT2D eigenvalue weighted by molar-refractivity contribution is 0.0696. The van der Waals surface area contributed by atoms with Crippen molar-refractivity contribution in [3.05, 3.63) is 59.2 Å². The molecule has 114 valence electrons. The molecule has 0 aliphatic heterocycles. The second-order valence-electron chi connectivity index (χ2n) is 4.77. The highest BCUT2D eigenvalue weighted by Gasteiger charge is 2.11. The molecule has 5 nitrogen and oxygen atoms in total. The first-order valence-electron chi connectivity index (χ1n) is 6.47. The van der Waals surface area contributed by atoms with Gasteiger partial charge in [-0.3, -0.25) is 9.00 Å². The van der Waals surface area contributed by atoms with Crippen LogP contribution in [0.25, 0.3) is 0 Å². The summed E-state index contributed by atoms with van der Waals surface area (Å²) < 4.78 is 11.3. The van der Waals surface area contributed by atoms with E-state index in [0.29, 0.717) is 16.1 Å². The Morgan fingerprint density at radius 3 is 2.18 bits per heavy atom. The minimum Gasteiger partial charge on any atom is -0.478 e. The Morgan fingerprint density at radius 1 is 1.05 bits per heavy atom. The van der Waals surface area contributed by atoms with Crippen LogP contribution < -0.4 is 5.32 Å². The number of anilines is 1. The van der Waals surface area contributed by atoms with Gasteiger partial charge in [0.25, 0.3) is 5.91 Å². The van der Waals surface area contributed by atoms with Crippen LogP contribution in [0, 0.1) is 6.92 Å². The molecule has 0 radical (unpaired) electrons. The number of rotatable bonds is 4. The highest BCUT2D eigenvalue weighted by atomic mass is 32.2. The topological polar surface area (TPSA) is 83.5 Å². The fourth-order valence-electron chi connectivity index (χ4n) is 1.88. The van der Waals surface area contributed by atoms with Gasteiger partial charge in [0.05, 0.1) is 5.56 Å². The van der Waals surface area contributed by atoms with Crippen molar-refractivity contribution in [2.75, 3.05) is 11.6 Å². The number of aryl methyl sites for hydroxylation is 1. The Labute approximate surface area is 130 Å². The van der Waals surface area contributed by atoms with Gasteiger partial charge in [0, 0.05) is 33.2 Å². The number of hydrogen-bond donors (Lipinski definition) is 2. The summed E-state index contributed by atoms with van der Waals surface area (Å²) in [6, 6.07) is 11.0. The third-order valence-corrected chi connectivity index (χ3v) is 4.12. The third kappa shape index (κ3) is 3.59. The molecular weight excluding hydrogens is 302 g/mol. The lowest BCUT2D eigenvalue weighted by Gasteiger charge is -2.09. The molecule has 2 N–H and O–H groups in total. The molecule has 0 aliphatic rings. The summed E-state index contributed by atoms with van der Waals surface area (Å²) in [4.78, 5) is 23.8.